The molecule has 1 saturated carbocycles. The molecule has 2 atom stereocenters. The van der Waals surface area contributed by atoms with Crippen molar-refractivity contribution < 1.29 is 4.79 Å². The molecule has 0 aromatic rings. The van der Waals surface area contributed by atoms with Gasteiger partial charge in [-0.3, -0.25) is 9.69 Å². The minimum Gasteiger partial charge on any atom is -0.368 e. The molecular formula is C15H31N3O. The zero-order valence-corrected chi connectivity index (χ0v) is 13.2. The van der Waals surface area contributed by atoms with E-state index in [0.29, 0.717) is 18.0 Å². The number of primary amides is 1. The first-order valence-electron chi connectivity index (χ1n) is 7.57. The lowest BCUT2D eigenvalue weighted by atomic mass is 9.77. The summed E-state index contributed by atoms with van der Waals surface area (Å²) >= 11 is 0. The van der Waals surface area contributed by atoms with Crippen molar-refractivity contribution in [3.8, 4) is 0 Å². The summed E-state index contributed by atoms with van der Waals surface area (Å²) in [7, 11) is 1.86. The van der Waals surface area contributed by atoms with Gasteiger partial charge in [0.1, 0.15) is 0 Å². The van der Waals surface area contributed by atoms with Crippen LogP contribution in [0.15, 0.2) is 0 Å². The van der Waals surface area contributed by atoms with Gasteiger partial charge in [0.25, 0.3) is 0 Å². The SMILES string of the molecule is CNC1(C(N)=O)CCCC(N(CC(C)C)C(C)C)C1. The van der Waals surface area contributed by atoms with E-state index in [4.69, 9.17) is 5.73 Å². The molecule has 2 unspecified atom stereocenters. The van der Waals surface area contributed by atoms with Gasteiger partial charge >= 0.3 is 0 Å². The van der Waals surface area contributed by atoms with Crippen LogP contribution in [0.25, 0.3) is 0 Å². The lowest BCUT2D eigenvalue weighted by Gasteiger charge is -2.45. The van der Waals surface area contributed by atoms with Crippen molar-refractivity contribution in [2.75, 3.05) is 13.6 Å². The van der Waals surface area contributed by atoms with Crippen molar-refractivity contribution in [1.82, 2.24) is 10.2 Å². The van der Waals surface area contributed by atoms with Crippen LogP contribution in [0.3, 0.4) is 0 Å². The molecule has 1 aliphatic rings. The van der Waals surface area contributed by atoms with Crippen molar-refractivity contribution in [3.05, 3.63) is 0 Å². The first-order valence-corrected chi connectivity index (χ1v) is 7.57. The fourth-order valence-corrected chi connectivity index (χ4v) is 3.31. The number of nitrogens with one attached hydrogen (secondary N) is 1. The number of hydrogen-bond donors (Lipinski definition) is 2. The maximum absolute atomic E-state index is 11.8. The number of hydrogen-bond acceptors (Lipinski definition) is 3. The quantitative estimate of drug-likeness (QED) is 0.772. The summed E-state index contributed by atoms with van der Waals surface area (Å²) < 4.78 is 0. The van der Waals surface area contributed by atoms with Gasteiger partial charge in [-0.05, 0) is 52.5 Å². The largest absolute Gasteiger partial charge is 0.368 e. The number of nitrogens with two attached hydrogens (primary N) is 1. The second-order valence-corrected chi connectivity index (χ2v) is 6.63. The molecule has 19 heavy (non-hydrogen) atoms. The Hall–Kier alpha value is -0.610. The monoisotopic (exact) mass is 269 g/mol. The smallest absolute Gasteiger partial charge is 0.237 e. The van der Waals surface area contributed by atoms with E-state index in [9.17, 15) is 4.79 Å². The molecular weight excluding hydrogens is 238 g/mol. The maximum Gasteiger partial charge on any atom is 0.237 e. The first-order chi connectivity index (χ1) is 8.82. The van der Waals surface area contributed by atoms with Crippen LogP contribution in [0.4, 0.5) is 0 Å². The van der Waals surface area contributed by atoms with Gasteiger partial charge in [-0.15, -0.1) is 0 Å². The molecule has 0 radical (unpaired) electrons. The van der Waals surface area contributed by atoms with Crippen molar-refractivity contribution in [2.24, 2.45) is 11.7 Å². The summed E-state index contributed by atoms with van der Waals surface area (Å²) in [6.45, 7) is 10.1. The fraction of sp³-hybridized carbons (Fsp3) is 0.933. The van der Waals surface area contributed by atoms with Crippen molar-refractivity contribution in [2.45, 2.75) is 71.0 Å². The van der Waals surface area contributed by atoms with E-state index in [0.717, 1.165) is 25.8 Å². The summed E-state index contributed by atoms with van der Waals surface area (Å²) in [6, 6.07) is 0.962. The van der Waals surface area contributed by atoms with E-state index in [-0.39, 0.29) is 5.91 Å². The Morgan fingerprint density at radius 2 is 2.05 bits per heavy atom. The fourth-order valence-electron chi connectivity index (χ4n) is 3.31. The van der Waals surface area contributed by atoms with Gasteiger partial charge < -0.3 is 11.1 Å². The highest BCUT2D eigenvalue weighted by molar-refractivity contribution is 5.84. The summed E-state index contributed by atoms with van der Waals surface area (Å²) in [6.07, 6.45) is 3.93. The van der Waals surface area contributed by atoms with Gasteiger partial charge in [0.05, 0.1) is 5.54 Å². The molecule has 1 aliphatic carbocycles. The Morgan fingerprint density at radius 1 is 1.42 bits per heavy atom. The molecule has 0 aromatic carbocycles. The first kappa shape index (κ1) is 16.4. The van der Waals surface area contributed by atoms with Gasteiger partial charge in [0.15, 0.2) is 0 Å². The second kappa shape index (κ2) is 6.71. The van der Waals surface area contributed by atoms with E-state index in [1.165, 1.54) is 6.42 Å². The van der Waals surface area contributed by atoms with Gasteiger partial charge in [-0.1, -0.05) is 13.8 Å². The van der Waals surface area contributed by atoms with E-state index in [2.05, 4.69) is 37.9 Å². The lowest BCUT2D eigenvalue weighted by molar-refractivity contribution is -0.126. The number of rotatable bonds is 6. The maximum atomic E-state index is 11.8. The molecule has 4 heteroatoms. The van der Waals surface area contributed by atoms with Gasteiger partial charge in [0.2, 0.25) is 5.91 Å². The highest BCUT2D eigenvalue weighted by atomic mass is 16.1. The zero-order chi connectivity index (χ0) is 14.6. The molecule has 112 valence electrons. The summed E-state index contributed by atoms with van der Waals surface area (Å²) in [5.41, 5.74) is 5.13. The van der Waals surface area contributed by atoms with E-state index in [1.807, 2.05) is 7.05 Å². The number of nitrogens with zero attached hydrogens (tertiary/aromatic N) is 1. The predicted molar refractivity (Wildman–Crippen MR) is 79.9 cm³/mol. The van der Waals surface area contributed by atoms with E-state index >= 15 is 0 Å². The Balaban J connectivity index is 2.84. The van der Waals surface area contributed by atoms with Crippen LogP contribution in [0.5, 0.6) is 0 Å². The standard InChI is InChI=1S/C15H31N3O/c1-11(2)10-18(12(3)4)13-7-6-8-15(9-13,17-5)14(16)19/h11-13,17H,6-10H2,1-5H3,(H2,16,19). The summed E-state index contributed by atoms with van der Waals surface area (Å²) in [4.78, 5) is 14.3. The van der Waals surface area contributed by atoms with E-state index < -0.39 is 5.54 Å². The molecule has 0 bridgehead atoms. The Kier molecular flexibility index (Phi) is 5.81. The van der Waals surface area contributed by atoms with Gasteiger partial charge in [-0.2, -0.15) is 0 Å². The van der Waals surface area contributed by atoms with E-state index in [1.54, 1.807) is 0 Å². The summed E-state index contributed by atoms with van der Waals surface area (Å²) in [5, 5.41) is 3.19. The molecule has 4 nitrogen and oxygen atoms in total. The molecule has 1 rings (SSSR count). The van der Waals surface area contributed by atoms with Gasteiger partial charge in [-0.25, -0.2) is 0 Å². The van der Waals surface area contributed by atoms with Crippen LogP contribution in [-0.2, 0) is 4.79 Å². The molecule has 0 heterocycles. The third kappa shape index (κ3) is 3.93. The molecule has 0 spiro atoms. The van der Waals surface area contributed by atoms with Crippen LogP contribution < -0.4 is 11.1 Å². The predicted octanol–water partition coefficient (Wildman–Crippen LogP) is 1.74. The Morgan fingerprint density at radius 3 is 2.47 bits per heavy atom. The number of amides is 1. The van der Waals surface area contributed by atoms with Crippen LogP contribution in [0.1, 0.15) is 53.4 Å². The van der Waals surface area contributed by atoms with Crippen LogP contribution in [-0.4, -0.2) is 42.0 Å². The third-order valence-electron chi connectivity index (χ3n) is 4.38. The molecule has 1 fully saturated rings. The van der Waals surface area contributed by atoms with Crippen molar-refractivity contribution in [1.29, 1.82) is 0 Å². The molecule has 3 N–H and O–H groups in total. The minimum atomic E-state index is -0.507. The third-order valence-corrected chi connectivity index (χ3v) is 4.38. The van der Waals surface area contributed by atoms with Crippen LogP contribution >= 0.6 is 0 Å². The lowest BCUT2D eigenvalue weighted by Crippen LogP contribution is -2.60. The molecule has 0 saturated heterocycles. The van der Waals surface area contributed by atoms with Crippen LogP contribution in [0, 0.1) is 5.92 Å². The topological polar surface area (TPSA) is 58.4 Å². The molecule has 0 aromatic heterocycles. The number of carbonyl (C=O) groups excluding carboxylic acids is 1. The van der Waals surface area contributed by atoms with Crippen molar-refractivity contribution in [3.63, 3.8) is 0 Å². The highest BCUT2D eigenvalue weighted by Gasteiger charge is 2.42. The summed E-state index contributed by atoms with van der Waals surface area (Å²) in [5.74, 6) is 0.440. The van der Waals surface area contributed by atoms with Crippen molar-refractivity contribution >= 4 is 5.91 Å². The average molecular weight is 269 g/mol. The molecule has 0 aliphatic heterocycles. The second-order valence-electron chi connectivity index (χ2n) is 6.63. The zero-order valence-electron chi connectivity index (χ0n) is 13.2. The molecule has 1 amide bonds. The van der Waals surface area contributed by atoms with Crippen LogP contribution in [0.2, 0.25) is 0 Å². The Bertz CT molecular complexity index is 304. The average Bonchev–Trinajstić information content (AvgIpc) is 2.35. The number of carbonyl (C=O) groups is 1. The van der Waals surface area contributed by atoms with Gasteiger partial charge in [0, 0.05) is 18.6 Å². The normalized spacial score (nSPS) is 28.3. The minimum absolute atomic E-state index is 0.201. The highest BCUT2D eigenvalue weighted by Crippen LogP contribution is 2.32. The Labute approximate surface area is 118 Å². The number of likely N-dealkylation sites (N-methyl/N-ethyl adjacent to an activating group) is 1.